The molecule has 0 radical (unpaired) electrons. The van der Waals surface area contributed by atoms with Crippen LogP contribution in [0.25, 0.3) is 0 Å². The van der Waals surface area contributed by atoms with Crippen molar-refractivity contribution in [3.63, 3.8) is 0 Å². The van der Waals surface area contributed by atoms with Crippen LogP contribution in [-0.2, 0) is 0 Å². The molecular weight excluding hydrogens is 174 g/mol. The van der Waals surface area contributed by atoms with Gasteiger partial charge in [-0.05, 0) is 30.6 Å². The summed E-state index contributed by atoms with van der Waals surface area (Å²) < 4.78 is 0. The highest BCUT2D eigenvalue weighted by Crippen LogP contribution is 2.45. The van der Waals surface area contributed by atoms with Gasteiger partial charge in [0.25, 0.3) is 0 Å². The highest BCUT2D eigenvalue weighted by Gasteiger charge is 2.44. The van der Waals surface area contributed by atoms with Gasteiger partial charge in [-0.15, -0.1) is 0 Å². The molecule has 14 heavy (non-hydrogen) atoms. The third kappa shape index (κ3) is 2.12. The number of nitrogens with zero attached hydrogens (tertiary/aromatic N) is 1. The molecule has 0 aromatic carbocycles. The van der Waals surface area contributed by atoms with Gasteiger partial charge in [-0.25, -0.2) is 0 Å². The van der Waals surface area contributed by atoms with Crippen LogP contribution in [0, 0.1) is 11.3 Å². The van der Waals surface area contributed by atoms with Gasteiger partial charge in [0.2, 0.25) is 0 Å². The van der Waals surface area contributed by atoms with Gasteiger partial charge < -0.3 is 10.0 Å². The van der Waals surface area contributed by atoms with Crippen LogP contribution >= 0.6 is 0 Å². The maximum Gasteiger partial charge on any atom is 0.0434 e. The monoisotopic (exact) mass is 197 g/mol. The molecule has 82 valence electrons. The lowest BCUT2D eigenvalue weighted by Crippen LogP contribution is -2.55. The van der Waals surface area contributed by atoms with Crippen molar-refractivity contribution in [3.8, 4) is 0 Å². The molecule has 2 fully saturated rings. The van der Waals surface area contributed by atoms with E-state index in [9.17, 15) is 0 Å². The van der Waals surface area contributed by atoms with E-state index in [-0.39, 0.29) is 0 Å². The fourth-order valence-electron chi connectivity index (χ4n) is 3.23. The minimum Gasteiger partial charge on any atom is -0.396 e. The lowest BCUT2D eigenvalue weighted by atomic mass is 9.78. The fraction of sp³-hybridized carbons (Fsp3) is 1.00. The maximum atomic E-state index is 8.83. The smallest absolute Gasteiger partial charge is 0.0434 e. The Labute approximate surface area is 87.3 Å². The maximum absolute atomic E-state index is 8.83. The summed E-state index contributed by atoms with van der Waals surface area (Å²) >= 11 is 0. The van der Waals surface area contributed by atoms with Crippen molar-refractivity contribution in [2.24, 2.45) is 11.3 Å². The first-order valence-electron chi connectivity index (χ1n) is 6.07. The van der Waals surface area contributed by atoms with Gasteiger partial charge in [0.05, 0.1) is 0 Å². The van der Waals surface area contributed by atoms with Crippen LogP contribution in [0.4, 0.5) is 0 Å². The zero-order valence-corrected chi connectivity index (χ0v) is 9.34. The highest BCUT2D eigenvalue weighted by atomic mass is 16.3. The quantitative estimate of drug-likeness (QED) is 0.744. The molecule has 2 nitrogen and oxygen atoms in total. The molecule has 1 unspecified atom stereocenters. The molecule has 0 aromatic heterocycles. The Hall–Kier alpha value is -0.0800. The van der Waals surface area contributed by atoms with E-state index in [2.05, 4.69) is 11.8 Å². The van der Waals surface area contributed by atoms with E-state index in [0.717, 1.165) is 11.8 Å². The van der Waals surface area contributed by atoms with Crippen molar-refractivity contribution in [1.29, 1.82) is 0 Å². The largest absolute Gasteiger partial charge is 0.396 e. The first-order chi connectivity index (χ1) is 6.74. The predicted molar refractivity (Wildman–Crippen MR) is 58.2 cm³/mol. The molecule has 2 rings (SSSR count). The second kappa shape index (κ2) is 4.19. The van der Waals surface area contributed by atoms with Crippen LogP contribution in [0.2, 0.25) is 0 Å². The molecule has 1 saturated carbocycles. The minimum atomic E-state index is 0.347. The Kier molecular flexibility index (Phi) is 3.13. The van der Waals surface area contributed by atoms with Crippen molar-refractivity contribution in [2.45, 2.75) is 39.0 Å². The first-order valence-corrected chi connectivity index (χ1v) is 6.07. The number of likely N-dealkylation sites (tertiary alicyclic amines) is 1. The third-order valence-electron chi connectivity index (χ3n) is 3.97. The standard InChI is InChI=1S/C12H23NO/c1-11(4-7-14)8-13-9-12(10-13)5-2-3-6-12/h11,14H,2-10H2,1H3. The van der Waals surface area contributed by atoms with Crippen molar-refractivity contribution in [2.75, 3.05) is 26.2 Å². The molecule has 1 aliphatic carbocycles. The molecule has 1 atom stereocenters. The molecule has 1 saturated heterocycles. The van der Waals surface area contributed by atoms with E-state index < -0.39 is 0 Å². The Morgan fingerprint density at radius 2 is 1.93 bits per heavy atom. The third-order valence-corrected chi connectivity index (χ3v) is 3.97. The fourth-order valence-corrected chi connectivity index (χ4v) is 3.23. The Bertz CT molecular complexity index is 179. The number of aliphatic hydroxyl groups is 1. The number of hydrogen-bond donors (Lipinski definition) is 1. The average molecular weight is 197 g/mol. The van der Waals surface area contributed by atoms with Crippen LogP contribution in [0.1, 0.15) is 39.0 Å². The molecule has 2 heteroatoms. The lowest BCUT2D eigenvalue weighted by molar-refractivity contribution is -0.00520. The van der Waals surface area contributed by atoms with Gasteiger partial charge >= 0.3 is 0 Å². The average Bonchev–Trinajstić information content (AvgIpc) is 2.52. The zero-order valence-electron chi connectivity index (χ0n) is 9.34. The second-order valence-corrected chi connectivity index (χ2v) is 5.49. The van der Waals surface area contributed by atoms with Gasteiger partial charge in [-0.2, -0.15) is 0 Å². The number of aliphatic hydroxyl groups excluding tert-OH is 1. The van der Waals surface area contributed by atoms with Crippen LogP contribution in [0.3, 0.4) is 0 Å². The van der Waals surface area contributed by atoms with Crippen molar-refractivity contribution < 1.29 is 5.11 Å². The molecule has 1 spiro atoms. The molecule has 0 amide bonds. The molecule has 1 N–H and O–H groups in total. The SMILES string of the molecule is CC(CCO)CN1CC2(CCCC2)C1. The Morgan fingerprint density at radius 1 is 1.29 bits per heavy atom. The molecule has 1 aliphatic heterocycles. The van der Waals surface area contributed by atoms with Crippen molar-refractivity contribution >= 4 is 0 Å². The van der Waals surface area contributed by atoms with E-state index in [4.69, 9.17) is 5.11 Å². The number of rotatable bonds is 4. The van der Waals surface area contributed by atoms with Gasteiger partial charge in [0.1, 0.15) is 0 Å². The summed E-state index contributed by atoms with van der Waals surface area (Å²) in [6.45, 7) is 6.46. The van der Waals surface area contributed by atoms with Crippen LogP contribution < -0.4 is 0 Å². The van der Waals surface area contributed by atoms with Gasteiger partial charge in [0, 0.05) is 26.2 Å². The lowest BCUT2D eigenvalue weighted by Gasteiger charge is -2.49. The Morgan fingerprint density at radius 3 is 2.50 bits per heavy atom. The second-order valence-electron chi connectivity index (χ2n) is 5.49. The van der Waals surface area contributed by atoms with E-state index in [1.54, 1.807) is 0 Å². The summed E-state index contributed by atoms with van der Waals surface area (Å²) in [5, 5.41) is 8.83. The molecular formula is C12H23NO. The summed E-state index contributed by atoms with van der Waals surface area (Å²) in [6.07, 6.45) is 6.82. The Balaban J connectivity index is 1.67. The van der Waals surface area contributed by atoms with E-state index in [1.165, 1.54) is 45.3 Å². The molecule has 0 aromatic rings. The van der Waals surface area contributed by atoms with Gasteiger partial charge in [-0.3, -0.25) is 0 Å². The molecule has 0 bridgehead atoms. The summed E-state index contributed by atoms with van der Waals surface area (Å²) in [5.41, 5.74) is 0.735. The molecule has 1 heterocycles. The topological polar surface area (TPSA) is 23.5 Å². The van der Waals surface area contributed by atoms with Crippen molar-refractivity contribution in [3.05, 3.63) is 0 Å². The van der Waals surface area contributed by atoms with Crippen LogP contribution in [0.5, 0.6) is 0 Å². The summed E-state index contributed by atoms with van der Waals surface area (Å²) in [7, 11) is 0. The van der Waals surface area contributed by atoms with Gasteiger partial charge in [-0.1, -0.05) is 19.8 Å². The van der Waals surface area contributed by atoms with Crippen LogP contribution in [-0.4, -0.2) is 36.2 Å². The number of hydrogen-bond acceptors (Lipinski definition) is 2. The molecule has 2 aliphatic rings. The van der Waals surface area contributed by atoms with Crippen molar-refractivity contribution in [1.82, 2.24) is 4.90 Å². The zero-order chi connectivity index (χ0) is 10.0. The minimum absolute atomic E-state index is 0.347. The summed E-state index contributed by atoms with van der Waals surface area (Å²) in [4.78, 5) is 2.58. The van der Waals surface area contributed by atoms with Crippen LogP contribution in [0.15, 0.2) is 0 Å². The highest BCUT2D eigenvalue weighted by molar-refractivity contribution is 4.97. The normalized spacial score (nSPS) is 27.9. The van der Waals surface area contributed by atoms with E-state index in [0.29, 0.717) is 12.5 Å². The summed E-state index contributed by atoms with van der Waals surface area (Å²) in [6, 6.07) is 0. The first kappa shape index (κ1) is 10.4. The van der Waals surface area contributed by atoms with Gasteiger partial charge in [0.15, 0.2) is 0 Å². The van der Waals surface area contributed by atoms with E-state index >= 15 is 0 Å². The summed E-state index contributed by atoms with van der Waals surface area (Å²) in [5.74, 6) is 0.666. The predicted octanol–water partition coefficient (Wildman–Crippen LogP) is 1.88. The van der Waals surface area contributed by atoms with E-state index in [1.807, 2.05) is 0 Å².